The van der Waals surface area contributed by atoms with Crippen LogP contribution in [0.1, 0.15) is 18.2 Å². The van der Waals surface area contributed by atoms with Gasteiger partial charge in [-0.1, -0.05) is 30.3 Å². The number of aromatic nitrogens is 2. The SMILES string of the molecule is Cn1ccc(CCNC(=O)C(C)(N)c2ccccc2)n1. The summed E-state index contributed by atoms with van der Waals surface area (Å²) in [5.74, 6) is -0.181. The van der Waals surface area contributed by atoms with Crippen LogP contribution in [0, 0.1) is 0 Å². The van der Waals surface area contributed by atoms with Gasteiger partial charge in [0.15, 0.2) is 0 Å². The monoisotopic (exact) mass is 272 g/mol. The third-order valence-corrected chi connectivity index (χ3v) is 3.28. The molecule has 106 valence electrons. The van der Waals surface area contributed by atoms with Crippen molar-refractivity contribution in [3.05, 3.63) is 53.9 Å². The van der Waals surface area contributed by atoms with Gasteiger partial charge in [-0.25, -0.2) is 0 Å². The number of hydrogen-bond donors (Lipinski definition) is 2. The van der Waals surface area contributed by atoms with Gasteiger partial charge in [0.25, 0.3) is 0 Å². The first-order valence-electron chi connectivity index (χ1n) is 6.61. The normalized spacial score (nSPS) is 13.8. The molecule has 0 spiro atoms. The van der Waals surface area contributed by atoms with Crippen LogP contribution in [-0.4, -0.2) is 22.2 Å². The van der Waals surface area contributed by atoms with Crippen LogP contribution in [0.3, 0.4) is 0 Å². The molecule has 5 nitrogen and oxygen atoms in total. The summed E-state index contributed by atoms with van der Waals surface area (Å²) < 4.78 is 1.74. The molecule has 2 aromatic rings. The van der Waals surface area contributed by atoms with E-state index in [0.29, 0.717) is 13.0 Å². The van der Waals surface area contributed by atoms with Gasteiger partial charge in [-0.15, -0.1) is 0 Å². The van der Waals surface area contributed by atoms with E-state index in [-0.39, 0.29) is 5.91 Å². The maximum absolute atomic E-state index is 12.2. The fourth-order valence-electron chi connectivity index (χ4n) is 2.00. The van der Waals surface area contributed by atoms with Gasteiger partial charge in [0.05, 0.1) is 5.69 Å². The number of carbonyl (C=O) groups excluding carboxylic acids is 1. The highest BCUT2D eigenvalue weighted by Crippen LogP contribution is 2.17. The fraction of sp³-hybridized carbons (Fsp3) is 0.333. The topological polar surface area (TPSA) is 72.9 Å². The molecule has 0 aliphatic carbocycles. The van der Waals surface area contributed by atoms with Crippen molar-refractivity contribution in [3.63, 3.8) is 0 Å². The number of nitrogens with one attached hydrogen (secondary N) is 1. The molecule has 20 heavy (non-hydrogen) atoms. The lowest BCUT2D eigenvalue weighted by Crippen LogP contribution is -2.49. The first kappa shape index (κ1) is 14.3. The van der Waals surface area contributed by atoms with Gasteiger partial charge in [-0.2, -0.15) is 5.10 Å². The average Bonchev–Trinajstić information content (AvgIpc) is 2.85. The number of nitrogens with two attached hydrogens (primary N) is 1. The van der Waals surface area contributed by atoms with Gasteiger partial charge >= 0.3 is 0 Å². The van der Waals surface area contributed by atoms with Gasteiger partial charge < -0.3 is 11.1 Å². The molecule has 0 fully saturated rings. The van der Waals surface area contributed by atoms with E-state index in [4.69, 9.17) is 5.73 Å². The zero-order valence-corrected chi connectivity index (χ0v) is 11.8. The minimum absolute atomic E-state index is 0.181. The van der Waals surface area contributed by atoms with Crippen molar-refractivity contribution < 1.29 is 4.79 Å². The summed E-state index contributed by atoms with van der Waals surface area (Å²) in [6.45, 7) is 2.24. The van der Waals surface area contributed by atoms with Crippen LogP contribution >= 0.6 is 0 Å². The summed E-state index contributed by atoms with van der Waals surface area (Å²) in [4.78, 5) is 12.2. The van der Waals surface area contributed by atoms with Crippen LogP contribution in [-0.2, 0) is 23.8 Å². The first-order chi connectivity index (χ1) is 9.50. The number of hydrogen-bond acceptors (Lipinski definition) is 3. The Morgan fingerprint density at radius 2 is 2.05 bits per heavy atom. The lowest BCUT2D eigenvalue weighted by atomic mass is 9.92. The van der Waals surface area contributed by atoms with E-state index in [1.54, 1.807) is 11.6 Å². The van der Waals surface area contributed by atoms with Crippen molar-refractivity contribution in [2.24, 2.45) is 12.8 Å². The molecule has 1 heterocycles. The quantitative estimate of drug-likeness (QED) is 0.851. The Hall–Kier alpha value is -2.14. The molecule has 0 aliphatic heterocycles. The first-order valence-corrected chi connectivity index (χ1v) is 6.61. The maximum Gasteiger partial charge on any atom is 0.244 e. The number of aryl methyl sites for hydroxylation is 1. The minimum Gasteiger partial charge on any atom is -0.354 e. The number of nitrogens with zero attached hydrogens (tertiary/aromatic N) is 2. The Morgan fingerprint density at radius 1 is 1.35 bits per heavy atom. The minimum atomic E-state index is -1.02. The second-order valence-electron chi connectivity index (χ2n) is 5.06. The van der Waals surface area contributed by atoms with Gasteiger partial charge in [0, 0.05) is 26.2 Å². The van der Waals surface area contributed by atoms with Crippen LogP contribution in [0.4, 0.5) is 0 Å². The smallest absolute Gasteiger partial charge is 0.244 e. The molecular weight excluding hydrogens is 252 g/mol. The third-order valence-electron chi connectivity index (χ3n) is 3.28. The second kappa shape index (κ2) is 5.88. The molecule has 1 aromatic carbocycles. The van der Waals surface area contributed by atoms with E-state index < -0.39 is 5.54 Å². The molecule has 0 saturated heterocycles. The van der Waals surface area contributed by atoms with Gasteiger partial charge in [0.1, 0.15) is 5.54 Å². The van der Waals surface area contributed by atoms with E-state index in [1.165, 1.54) is 0 Å². The van der Waals surface area contributed by atoms with Crippen LogP contribution < -0.4 is 11.1 Å². The molecule has 1 amide bonds. The van der Waals surface area contributed by atoms with Crippen molar-refractivity contribution in [1.29, 1.82) is 0 Å². The Kier molecular flexibility index (Phi) is 4.20. The van der Waals surface area contributed by atoms with Crippen molar-refractivity contribution in [2.75, 3.05) is 6.54 Å². The third kappa shape index (κ3) is 3.24. The van der Waals surface area contributed by atoms with Crippen molar-refractivity contribution >= 4 is 5.91 Å². The molecule has 1 aromatic heterocycles. The van der Waals surface area contributed by atoms with Crippen LogP contribution in [0.25, 0.3) is 0 Å². The molecule has 2 rings (SSSR count). The summed E-state index contributed by atoms with van der Waals surface area (Å²) in [7, 11) is 1.87. The largest absolute Gasteiger partial charge is 0.354 e. The number of amides is 1. The highest BCUT2D eigenvalue weighted by atomic mass is 16.2. The zero-order chi connectivity index (χ0) is 14.6. The predicted octanol–water partition coefficient (Wildman–Crippen LogP) is 0.953. The Labute approximate surface area is 118 Å². The molecule has 1 atom stereocenters. The molecule has 3 N–H and O–H groups in total. The number of carbonyl (C=O) groups is 1. The van der Waals surface area contributed by atoms with Crippen LogP contribution in [0.5, 0.6) is 0 Å². The number of rotatable bonds is 5. The summed E-state index contributed by atoms with van der Waals surface area (Å²) in [6.07, 6.45) is 2.58. The zero-order valence-electron chi connectivity index (χ0n) is 11.8. The summed E-state index contributed by atoms with van der Waals surface area (Å²) in [5, 5.41) is 7.13. The van der Waals surface area contributed by atoms with Crippen LogP contribution in [0.15, 0.2) is 42.6 Å². The Bertz CT molecular complexity index is 575. The van der Waals surface area contributed by atoms with E-state index >= 15 is 0 Å². The molecule has 0 radical (unpaired) electrons. The highest BCUT2D eigenvalue weighted by molar-refractivity contribution is 5.86. The summed E-state index contributed by atoms with van der Waals surface area (Å²) in [5.41, 5.74) is 6.86. The molecule has 0 saturated carbocycles. The van der Waals surface area contributed by atoms with Crippen molar-refractivity contribution in [1.82, 2.24) is 15.1 Å². The van der Waals surface area contributed by atoms with E-state index in [0.717, 1.165) is 11.3 Å². The second-order valence-corrected chi connectivity index (χ2v) is 5.06. The lowest BCUT2D eigenvalue weighted by Gasteiger charge is -2.24. The lowest BCUT2D eigenvalue weighted by molar-refractivity contribution is -0.126. The van der Waals surface area contributed by atoms with E-state index in [1.807, 2.05) is 49.6 Å². The molecule has 1 unspecified atom stereocenters. The maximum atomic E-state index is 12.2. The van der Waals surface area contributed by atoms with Gasteiger partial charge in [-0.05, 0) is 18.6 Å². The predicted molar refractivity (Wildman–Crippen MR) is 77.9 cm³/mol. The molecule has 5 heteroatoms. The molecule has 0 bridgehead atoms. The van der Waals surface area contributed by atoms with Gasteiger partial charge in [0.2, 0.25) is 5.91 Å². The van der Waals surface area contributed by atoms with Gasteiger partial charge in [-0.3, -0.25) is 9.48 Å². The highest BCUT2D eigenvalue weighted by Gasteiger charge is 2.29. The fourth-order valence-corrected chi connectivity index (χ4v) is 2.00. The molecule has 0 aliphatic rings. The summed E-state index contributed by atoms with van der Waals surface area (Å²) >= 11 is 0. The van der Waals surface area contributed by atoms with Crippen molar-refractivity contribution in [3.8, 4) is 0 Å². The Morgan fingerprint density at radius 3 is 2.65 bits per heavy atom. The average molecular weight is 272 g/mol. The number of benzene rings is 1. The Balaban J connectivity index is 1.91. The summed E-state index contributed by atoms with van der Waals surface area (Å²) in [6, 6.07) is 11.3. The van der Waals surface area contributed by atoms with E-state index in [2.05, 4.69) is 10.4 Å². The molecular formula is C15H20N4O. The van der Waals surface area contributed by atoms with E-state index in [9.17, 15) is 4.79 Å². The van der Waals surface area contributed by atoms with Crippen molar-refractivity contribution in [2.45, 2.75) is 18.9 Å². The van der Waals surface area contributed by atoms with Crippen LogP contribution in [0.2, 0.25) is 0 Å². The standard InChI is InChI=1S/C15H20N4O/c1-15(16,12-6-4-3-5-7-12)14(20)17-10-8-13-9-11-19(2)18-13/h3-7,9,11H,8,10,16H2,1-2H3,(H,17,20).